The van der Waals surface area contributed by atoms with Gasteiger partial charge in [0.15, 0.2) is 0 Å². The minimum absolute atomic E-state index is 0.103. The Balaban J connectivity index is 2.67. The van der Waals surface area contributed by atoms with Gasteiger partial charge in [0.1, 0.15) is 5.00 Å². The molecule has 0 spiro atoms. The van der Waals surface area contributed by atoms with Gasteiger partial charge in [-0.1, -0.05) is 6.92 Å². The maximum absolute atomic E-state index is 11.7. The molecule has 0 aliphatic rings. The fraction of sp³-hybridized carbons (Fsp3) is 0.538. The summed E-state index contributed by atoms with van der Waals surface area (Å²) in [7, 11) is 0. The number of ether oxygens (including phenoxy) is 1. The van der Waals surface area contributed by atoms with E-state index in [1.807, 2.05) is 13.8 Å². The van der Waals surface area contributed by atoms with Gasteiger partial charge in [0, 0.05) is 17.8 Å². The largest absolute Gasteiger partial charge is 0.462 e. The van der Waals surface area contributed by atoms with Crippen LogP contribution in [0.5, 0.6) is 0 Å². The van der Waals surface area contributed by atoms with E-state index in [1.54, 1.807) is 13.0 Å². The number of anilines is 1. The molecular weight excluding hydrogens is 264 g/mol. The second-order valence-electron chi connectivity index (χ2n) is 3.97. The summed E-state index contributed by atoms with van der Waals surface area (Å²) in [5, 5.41) is 6.41. The Hall–Kier alpha value is -1.40. The molecule has 106 valence electrons. The summed E-state index contributed by atoms with van der Waals surface area (Å²) in [4.78, 5) is 24.4. The first-order chi connectivity index (χ1) is 9.08. The van der Waals surface area contributed by atoms with E-state index in [9.17, 15) is 9.59 Å². The van der Waals surface area contributed by atoms with Crippen molar-refractivity contribution in [2.75, 3.05) is 25.0 Å². The highest BCUT2D eigenvalue weighted by atomic mass is 32.1. The molecule has 6 heteroatoms. The van der Waals surface area contributed by atoms with E-state index >= 15 is 0 Å². The third-order valence-corrected chi connectivity index (χ3v) is 3.35. The normalized spacial score (nSPS) is 10.3. The highest BCUT2D eigenvalue weighted by Crippen LogP contribution is 2.28. The van der Waals surface area contributed by atoms with Crippen molar-refractivity contribution >= 4 is 28.2 Å². The van der Waals surface area contributed by atoms with E-state index in [1.165, 1.54) is 11.3 Å². The zero-order valence-electron chi connectivity index (χ0n) is 11.5. The molecule has 2 N–H and O–H groups in total. The summed E-state index contributed by atoms with van der Waals surface area (Å²) >= 11 is 1.38. The van der Waals surface area contributed by atoms with Crippen LogP contribution in [0.25, 0.3) is 0 Å². The number of nitrogens with one attached hydrogen (secondary N) is 2. The van der Waals surface area contributed by atoms with Crippen LogP contribution in [-0.4, -0.2) is 31.6 Å². The molecule has 0 aliphatic heterocycles. The van der Waals surface area contributed by atoms with Crippen molar-refractivity contribution in [2.45, 2.75) is 27.2 Å². The highest BCUT2D eigenvalue weighted by Gasteiger charge is 2.17. The van der Waals surface area contributed by atoms with E-state index in [4.69, 9.17) is 4.74 Å². The van der Waals surface area contributed by atoms with Crippen molar-refractivity contribution in [1.29, 1.82) is 0 Å². The number of hydrogen-bond acceptors (Lipinski definition) is 5. The van der Waals surface area contributed by atoms with E-state index in [-0.39, 0.29) is 5.91 Å². The molecule has 0 unspecified atom stereocenters. The smallest absolute Gasteiger partial charge is 0.341 e. The predicted octanol–water partition coefficient (Wildman–Crippen LogP) is 2.17. The second-order valence-corrected chi connectivity index (χ2v) is 5.23. The topological polar surface area (TPSA) is 67.4 Å². The van der Waals surface area contributed by atoms with Gasteiger partial charge in [0.25, 0.3) is 0 Å². The number of esters is 1. The lowest BCUT2D eigenvalue weighted by Crippen LogP contribution is -2.21. The number of carbonyl (C=O) groups excluding carboxylic acids is 2. The third-order valence-electron chi connectivity index (χ3n) is 2.38. The molecule has 0 aliphatic carbocycles. The van der Waals surface area contributed by atoms with Crippen molar-refractivity contribution in [3.63, 3.8) is 0 Å². The molecule has 19 heavy (non-hydrogen) atoms. The maximum Gasteiger partial charge on any atom is 0.341 e. The molecule has 1 aromatic rings. The van der Waals surface area contributed by atoms with Crippen molar-refractivity contribution in [3.05, 3.63) is 16.5 Å². The first-order valence-electron chi connectivity index (χ1n) is 6.36. The molecule has 0 atom stereocenters. The zero-order chi connectivity index (χ0) is 14.3. The lowest BCUT2D eigenvalue weighted by molar-refractivity contribution is -0.116. The molecule has 0 radical (unpaired) electrons. The predicted molar refractivity (Wildman–Crippen MR) is 76.8 cm³/mol. The Morgan fingerprint density at radius 2 is 2.11 bits per heavy atom. The van der Waals surface area contributed by atoms with Gasteiger partial charge in [-0.05, 0) is 26.5 Å². The SMILES string of the molecule is CCNCCC(=O)Nc1sc(C)cc1C(=O)OCC. The van der Waals surface area contributed by atoms with Gasteiger partial charge in [0.2, 0.25) is 5.91 Å². The second kappa shape index (κ2) is 7.91. The van der Waals surface area contributed by atoms with Crippen LogP contribution in [0.2, 0.25) is 0 Å². The molecule has 1 amide bonds. The van der Waals surface area contributed by atoms with E-state index in [2.05, 4.69) is 10.6 Å². The highest BCUT2D eigenvalue weighted by molar-refractivity contribution is 7.16. The molecule has 0 aromatic carbocycles. The van der Waals surface area contributed by atoms with Crippen LogP contribution >= 0.6 is 11.3 Å². The molecule has 0 saturated heterocycles. The van der Waals surface area contributed by atoms with Crippen LogP contribution in [0.1, 0.15) is 35.5 Å². The molecular formula is C13H20N2O3S. The molecule has 1 heterocycles. The standard InChI is InChI=1S/C13H20N2O3S/c1-4-14-7-6-11(16)15-12-10(8-9(3)19-12)13(17)18-5-2/h8,14H,4-7H2,1-3H3,(H,15,16). The number of amides is 1. The number of rotatable bonds is 7. The summed E-state index contributed by atoms with van der Waals surface area (Å²) in [6.45, 7) is 7.41. The first kappa shape index (κ1) is 15.7. The fourth-order valence-electron chi connectivity index (χ4n) is 1.54. The Morgan fingerprint density at radius 1 is 1.37 bits per heavy atom. The van der Waals surface area contributed by atoms with Crippen molar-refractivity contribution in [2.24, 2.45) is 0 Å². The van der Waals surface area contributed by atoms with Gasteiger partial charge >= 0.3 is 5.97 Å². The van der Waals surface area contributed by atoms with E-state index in [0.717, 1.165) is 11.4 Å². The molecule has 0 fully saturated rings. The average Bonchev–Trinajstić information content (AvgIpc) is 2.71. The summed E-state index contributed by atoms with van der Waals surface area (Å²) in [6.07, 6.45) is 0.382. The molecule has 0 bridgehead atoms. The van der Waals surface area contributed by atoms with Crippen molar-refractivity contribution in [3.8, 4) is 0 Å². The van der Waals surface area contributed by atoms with Crippen LogP contribution < -0.4 is 10.6 Å². The van der Waals surface area contributed by atoms with Gasteiger partial charge < -0.3 is 15.4 Å². The Kier molecular flexibility index (Phi) is 6.52. The van der Waals surface area contributed by atoms with Crippen LogP contribution in [0.15, 0.2) is 6.07 Å². The summed E-state index contributed by atoms with van der Waals surface area (Å²) in [5.74, 6) is -0.498. The number of aryl methyl sites for hydroxylation is 1. The summed E-state index contributed by atoms with van der Waals surface area (Å²) < 4.78 is 4.97. The first-order valence-corrected chi connectivity index (χ1v) is 7.18. The third kappa shape index (κ3) is 5.00. The monoisotopic (exact) mass is 284 g/mol. The van der Waals surface area contributed by atoms with Crippen molar-refractivity contribution < 1.29 is 14.3 Å². The van der Waals surface area contributed by atoms with E-state index < -0.39 is 5.97 Å². The Morgan fingerprint density at radius 3 is 2.74 bits per heavy atom. The summed E-state index contributed by atoms with van der Waals surface area (Å²) in [5.41, 5.74) is 0.432. The number of carbonyl (C=O) groups is 2. The van der Waals surface area contributed by atoms with Gasteiger partial charge in [0.05, 0.1) is 12.2 Å². The Bertz CT molecular complexity index is 443. The van der Waals surface area contributed by atoms with Gasteiger partial charge in [-0.2, -0.15) is 0 Å². The summed E-state index contributed by atoms with van der Waals surface area (Å²) in [6, 6.07) is 1.74. The molecule has 5 nitrogen and oxygen atoms in total. The Labute approximate surface area is 117 Å². The fourth-order valence-corrected chi connectivity index (χ4v) is 2.45. The quantitative estimate of drug-likeness (QED) is 0.595. The van der Waals surface area contributed by atoms with Gasteiger partial charge in [-0.3, -0.25) is 4.79 Å². The maximum atomic E-state index is 11.7. The lowest BCUT2D eigenvalue weighted by Gasteiger charge is -2.06. The van der Waals surface area contributed by atoms with E-state index in [0.29, 0.717) is 30.1 Å². The minimum Gasteiger partial charge on any atom is -0.462 e. The van der Waals surface area contributed by atoms with Gasteiger partial charge in [-0.15, -0.1) is 11.3 Å². The average molecular weight is 284 g/mol. The lowest BCUT2D eigenvalue weighted by atomic mass is 10.3. The zero-order valence-corrected chi connectivity index (χ0v) is 12.4. The minimum atomic E-state index is -0.395. The molecule has 0 saturated carbocycles. The van der Waals surface area contributed by atoms with Crippen LogP contribution in [-0.2, 0) is 9.53 Å². The molecule has 1 aromatic heterocycles. The van der Waals surface area contributed by atoms with Crippen LogP contribution in [0.4, 0.5) is 5.00 Å². The van der Waals surface area contributed by atoms with Crippen LogP contribution in [0, 0.1) is 6.92 Å². The van der Waals surface area contributed by atoms with Crippen LogP contribution in [0.3, 0.4) is 0 Å². The van der Waals surface area contributed by atoms with Crippen molar-refractivity contribution in [1.82, 2.24) is 5.32 Å². The molecule has 1 rings (SSSR count). The van der Waals surface area contributed by atoms with Gasteiger partial charge in [-0.25, -0.2) is 4.79 Å². The number of hydrogen-bond donors (Lipinski definition) is 2. The number of thiophene rings is 1.